The van der Waals surface area contributed by atoms with Gasteiger partial charge in [0.25, 0.3) is 5.91 Å². The van der Waals surface area contributed by atoms with Crippen LogP contribution in [0, 0.1) is 6.92 Å². The zero-order valence-electron chi connectivity index (χ0n) is 17.7. The van der Waals surface area contributed by atoms with Gasteiger partial charge in [0.1, 0.15) is 0 Å². The van der Waals surface area contributed by atoms with Crippen LogP contribution >= 0.6 is 22.7 Å². The molecule has 5 rings (SSSR count). The molecule has 0 spiro atoms. The Balaban J connectivity index is 1.35. The van der Waals surface area contributed by atoms with E-state index in [4.69, 9.17) is 0 Å². The van der Waals surface area contributed by atoms with Crippen molar-refractivity contribution in [1.29, 1.82) is 0 Å². The number of hydrogen-bond acceptors (Lipinski definition) is 7. The van der Waals surface area contributed by atoms with Gasteiger partial charge in [-0.25, -0.2) is 18.4 Å². The van der Waals surface area contributed by atoms with Crippen LogP contribution in [-0.4, -0.2) is 41.7 Å². The first-order chi connectivity index (χ1) is 15.3. The number of nitrogens with zero attached hydrogens (tertiary/aromatic N) is 3. The molecule has 1 amide bonds. The summed E-state index contributed by atoms with van der Waals surface area (Å²) in [6.45, 7) is 1.97. The van der Waals surface area contributed by atoms with Gasteiger partial charge in [0.15, 0.2) is 5.13 Å². The van der Waals surface area contributed by atoms with Crippen LogP contribution in [0.15, 0.2) is 41.3 Å². The van der Waals surface area contributed by atoms with E-state index in [0.717, 1.165) is 51.1 Å². The van der Waals surface area contributed by atoms with Crippen molar-refractivity contribution in [3.05, 3.63) is 47.0 Å². The van der Waals surface area contributed by atoms with E-state index in [-0.39, 0.29) is 16.8 Å². The summed E-state index contributed by atoms with van der Waals surface area (Å²) in [5.74, 6) is -0.325. The second kappa shape index (κ2) is 8.18. The fourth-order valence-corrected chi connectivity index (χ4v) is 7.53. The standard InChI is InChI=1S/C22H22N4O3S3/c1-13-23-17-11-12-18-20(19(17)30-13)31-22(24-18)25-21(27)14-7-9-16(10-8-14)32(28,29)26(2)15-5-3-4-6-15/h7-12,15H,3-6H2,1-2H3,(H,24,25,27). The largest absolute Gasteiger partial charge is 0.298 e. The van der Waals surface area contributed by atoms with Crippen molar-refractivity contribution in [3.8, 4) is 0 Å². The number of carbonyl (C=O) groups is 1. The minimum atomic E-state index is -3.57. The fourth-order valence-electron chi connectivity index (χ4n) is 4.12. The Kier molecular flexibility index (Phi) is 5.48. The molecule has 2 aromatic heterocycles. The molecule has 10 heteroatoms. The minimum absolute atomic E-state index is 0.0517. The van der Waals surface area contributed by atoms with Crippen molar-refractivity contribution in [3.63, 3.8) is 0 Å². The second-order valence-electron chi connectivity index (χ2n) is 7.95. The molecule has 0 aliphatic heterocycles. The molecule has 1 aliphatic rings. The van der Waals surface area contributed by atoms with Crippen LogP contribution in [-0.2, 0) is 10.0 Å². The lowest BCUT2D eigenvalue weighted by molar-refractivity contribution is 0.102. The van der Waals surface area contributed by atoms with E-state index in [1.807, 2.05) is 19.1 Å². The van der Waals surface area contributed by atoms with Gasteiger partial charge in [-0.3, -0.25) is 10.1 Å². The summed E-state index contributed by atoms with van der Waals surface area (Å²) in [6, 6.07) is 9.98. The molecular weight excluding hydrogens is 464 g/mol. The smallest absolute Gasteiger partial charge is 0.257 e. The van der Waals surface area contributed by atoms with Crippen molar-refractivity contribution in [2.75, 3.05) is 12.4 Å². The summed E-state index contributed by atoms with van der Waals surface area (Å²) in [7, 11) is -1.93. The number of sulfonamides is 1. The molecule has 1 fully saturated rings. The molecular formula is C22H22N4O3S3. The minimum Gasteiger partial charge on any atom is -0.298 e. The normalized spacial score (nSPS) is 15.2. The maximum absolute atomic E-state index is 12.9. The van der Waals surface area contributed by atoms with E-state index in [2.05, 4.69) is 15.3 Å². The zero-order chi connectivity index (χ0) is 22.5. The number of amides is 1. The molecule has 0 bridgehead atoms. The molecule has 0 saturated heterocycles. The summed E-state index contributed by atoms with van der Waals surface area (Å²) in [5.41, 5.74) is 2.13. The molecule has 0 radical (unpaired) electrons. The maximum atomic E-state index is 12.9. The van der Waals surface area contributed by atoms with Crippen LogP contribution in [0.5, 0.6) is 0 Å². The summed E-state index contributed by atoms with van der Waals surface area (Å²) in [4.78, 5) is 22.0. The van der Waals surface area contributed by atoms with Gasteiger partial charge >= 0.3 is 0 Å². The molecule has 2 heterocycles. The quantitative estimate of drug-likeness (QED) is 0.427. The molecule has 1 N–H and O–H groups in total. The van der Waals surface area contributed by atoms with E-state index in [1.54, 1.807) is 30.5 Å². The third-order valence-corrected chi connectivity index (χ3v) is 9.93. The molecule has 32 heavy (non-hydrogen) atoms. The average Bonchev–Trinajstić information content (AvgIpc) is 3.51. The van der Waals surface area contributed by atoms with E-state index in [0.29, 0.717) is 10.7 Å². The summed E-state index contributed by atoms with van der Waals surface area (Å²) < 4.78 is 29.4. The highest BCUT2D eigenvalue weighted by Crippen LogP contribution is 2.36. The summed E-state index contributed by atoms with van der Waals surface area (Å²) >= 11 is 3.02. The maximum Gasteiger partial charge on any atom is 0.257 e. The molecule has 0 atom stereocenters. The summed E-state index contributed by atoms with van der Waals surface area (Å²) in [5, 5.41) is 4.33. The lowest BCUT2D eigenvalue weighted by atomic mass is 10.2. The highest BCUT2D eigenvalue weighted by molar-refractivity contribution is 7.89. The Morgan fingerprint density at radius 2 is 1.62 bits per heavy atom. The Morgan fingerprint density at radius 1 is 1.00 bits per heavy atom. The first kappa shape index (κ1) is 21.4. The number of thiazole rings is 2. The van der Waals surface area contributed by atoms with E-state index in [9.17, 15) is 13.2 Å². The molecule has 4 aromatic rings. The van der Waals surface area contributed by atoms with Gasteiger partial charge in [-0.2, -0.15) is 4.31 Å². The Hall–Kier alpha value is -2.40. The Labute approximate surface area is 194 Å². The third-order valence-electron chi connectivity index (χ3n) is 5.87. The zero-order valence-corrected chi connectivity index (χ0v) is 20.1. The number of nitrogens with one attached hydrogen (secondary N) is 1. The van der Waals surface area contributed by atoms with E-state index in [1.165, 1.54) is 27.8 Å². The van der Waals surface area contributed by atoms with Crippen LogP contribution in [0.4, 0.5) is 5.13 Å². The average molecular weight is 487 g/mol. The van der Waals surface area contributed by atoms with Gasteiger partial charge in [-0.1, -0.05) is 24.2 Å². The molecule has 0 unspecified atom stereocenters. The highest BCUT2D eigenvalue weighted by Gasteiger charge is 2.30. The molecule has 1 aliphatic carbocycles. The van der Waals surface area contributed by atoms with Crippen LogP contribution in [0.2, 0.25) is 0 Å². The van der Waals surface area contributed by atoms with Crippen LogP contribution < -0.4 is 5.32 Å². The van der Waals surface area contributed by atoms with Crippen molar-refractivity contribution < 1.29 is 13.2 Å². The number of carbonyl (C=O) groups excluding carboxylic acids is 1. The number of anilines is 1. The first-order valence-corrected chi connectivity index (χ1v) is 13.5. The number of aryl methyl sites for hydroxylation is 1. The SMILES string of the molecule is Cc1nc2ccc3nc(NC(=O)c4ccc(S(=O)(=O)N(C)C5CCCC5)cc4)sc3c2s1. The third kappa shape index (κ3) is 3.81. The number of aromatic nitrogens is 2. The first-order valence-electron chi connectivity index (χ1n) is 10.4. The monoisotopic (exact) mass is 486 g/mol. The van der Waals surface area contributed by atoms with Crippen molar-refractivity contribution in [2.45, 2.75) is 43.5 Å². The summed E-state index contributed by atoms with van der Waals surface area (Å²) in [6.07, 6.45) is 3.91. The Morgan fingerprint density at radius 3 is 2.31 bits per heavy atom. The Bertz CT molecular complexity index is 1420. The van der Waals surface area contributed by atoms with Crippen LogP contribution in [0.3, 0.4) is 0 Å². The van der Waals surface area contributed by atoms with Crippen molar-refractivity contribution >= 4 is 64.2 Å². The molecule has 7 nitrogen and oxygen atoms in total. The van der Waals surface area contributed by atoms with E-state index >= 15 is 0 Å². The molecule has 166 valence electrons. The lowest BCUT2D eigenvalue weighted by Gasteiger charge is -2.23. The van der Waals surface area contributed by atoms with Crippen LogP contribution in [0.1, 0.15) is 41.0 Å². The van der Waals surface area contributed by atoms with Crippen molar-refractivity contribution in [1.82, 2.24) is 14.3 Å². The topological polar surface area (TPSA) is 92.3 Å². The van der Waals surface area contributed by atoms with Crippen LogP contribution in [0.25, 0.3) is 20.4 Å². The molecule has 1 saturated carbocycles. The predicted molar refractivity (Wildman–Crippen MR) is 129 cm³/mol. The van der Waals surface area contributed by atoms with Gasteiger partial charge in [-0.05, 0) is 56.2 Å². The van der Waals surface area contributed by atoms with Gasteiger partial charge in [0, 0.05) is 18.7 Å². The fraction of sp³-hybridized carbons (Fsp3) is 0.318. The van der Waals surface area contributed by atoms with Gasteiger partial charge in [-0.15, -0.1) is 11.3 Å². The molecule has 2 aromatic carbocycles. The van der Waals surface area contributed by atoms with E-state index < -0.39 is 10.0 Å². The number of rotatable bonds is 5. The van der Waals surface area contributed by atoms with Gasteiger partial charge in [0.05, 0.1) is 30.3 Å². The van der Waals surface area contributed by atoms with Gasteiger partial charge in [0.2, 0.25) is 10.0 Å². The lowest BCUT2D eigenvalue weighted by Crippen LogP contribution is -2.35. The van der Waals surface area contributed by atoms with Crippen molar-refractivity contribution in [2.24, 2.45) is 0 Å². The second-order valence-corrected chi connectivity index (χ2v) is 12.2. The number of benzene rings is 2. The number of hydrogen-bond donors (Lipinski definition) is 1. The number of fused-ring (bicyclic) bond motifs is 3. The predicted octanol–water partition coefficient (Wildman–Crippen LogP) is 5.03. The highest BCUT2D eigenvalue weighted by atomic mass is 32.2. The van der Waals surface area contributed by atoms with Gasteiger partial charge < -0.3 is 0 Å².